The zero-order valence-electron chi connectivity index (χ0n) is 7.37. The molecule has 3 heteroatoms. The molecule has 3 rings (SSSR count). The summed E-state index contributed by atoms with van der Waals surface area (Å²) in [5.74, 6) is 0.310. The van der Waals surface area contributed by atoms with Crippen LogP contribution in [0.15, 0.2) is 0 Å². The highest BCUT2D eigenvalue weighted by Gasteiger charge is 2.45. The van der Waals surface area contributed by atoms with Crippen molar-refractivity contribution in [2.24, 2.45) is 11.3 Å². The summed E-state index contributed by atoms with van der Waals surface area (Å²) in [6, 6.07) is 0. The molecule has 0 aliphatic carbocycles. The molecule has 3 nitrogen and oxygen atoms in total. The van der Waals surface area contributed by atoms with Crippen molar-refractivity contribution in [1.29, 1.82) is 0 Å². The second kappa shape index (κ2) is 2.98. The van der Waals surface area contributed by atoms with Crippen LogP contribution in [0.2, 0.25) is 0 Å². The largest absolute Gasteiger partial charge is 0.396 e. The minimum absolute atomic E-state index is 0.0590. The molecule has 0 radical (unpaired) electrons. The number of nitrogens with zero attached hydrogens (tertiary/aromatic N) is 1. The highest BCUT2D eigenvalue weighted by atomic mass is 16.3. The van der Waals surface area contributed by atoms with Crippen molar-refractivity contribution in [1.82, 2.24) is 4.90 Å². The van der Waals surface area contributed by atoms with Crippen LogP contribution in [0.4, 0.5) is 0 Å². The van der Waals surface area contributed by atoms with Gasteiger partial charge in [0.15, 0.2) is 0 Å². The molecule has 2 N–H and O–H groups in total. The molecule has 3 aliphatic heterocycles. The molecule has 0 amide bonds. The third-order valence-electron chi connectivity index (χ3n) is 3.73. The van der Waals surface area contributed by atoms with E-state index in [-0.39, 0.29) is 18.6 Å². The van der Waals surface area contributed by atoms with Gasteiger partial charge in [0.2, 0.25) is 0 Å². The van der Waals surface area contributed by atoms with E-state index >= 15 is 0 Å². The van der Waals surface area contributed by atoms with Crippen LogP contribution in [0.25, 0.3) is 0 Å². The van der Waals surface area contributed by atoms with Crippen molar-refractivity contribution < 1.29 is 10.2 Å². The maximum atomic E-state index is 9.34. The van der Waals surface area contributed by atoms with E-state index < -0.39 is 0 Å². The first-order valence-electron chi connectivity index (χ1n) is 4.75. The second-order valence-corrected chi connectivity index (χ2v) is 4.20. The molecule has 1 unspecified atom stereocenters. The van der Waals surface area contributed by atoms with Gasteiger partial charge in [-0.2, -0.15) is 0 Å². The third-order valence-corrected chi connectivity index (χ3v) is 3.73. The molecule has 0 saturated carbocycles. The lowest BCUT2D eigenvalue weighted by molar-refractivity contribution is -0.0849. The fraction of sp³-hybridized carbons (Fsp3) is 1.00. The van der Waals surface area contributed by atoms with Gasteiger partial charge < -0.3 is 15.1 Å². The molecule has 70 valence electrons. The zero-order valence-corrected chi connectivity index (χ0v) is 7.37. The highest BCUT2D eigenvalue weighted by molar-refractivity contribution is 4.97. The number of hydrogen-bond donors (Lipinski definition) is 2. The Labute approximate surface area is 73.0 Å². The van der Waals surface area contributed by atoms with Crippen LogP contribution in [0.1, 0.15) is 12.8 Å². The minimum atomic E-state index is 0.0590. The highest BCUT2D eigenvalue weighted by Crippen LogP contribution is 2.43. The van der Waals surface area contributed by atoms with E-state index in [9.17, 15) is 10.2 Å². The molecule has 3 heterocycles. The Kier molecular flexibility index (Phi) is 2.10. The van der Waals surface area contributed by atoms with Crippen molar-refractivity contribution in [3.63, 3.8) is 0 Å². The Morgan fingerprint density at radius 1 is 1.25 bits per heavy atom. The van der Waals surface area contributed by atoms with Gasteiger partial charge in [-0.05, 0) is 25.9 Å². The lowest BCUT2D eigenvalue weighted by Crippen LogP contribution is -2.57. The van der Waals surface area contributed by atoms with Crippen molar-refractivity contribution in [2.45, 2.75) is 12.8 Å². The quantitative estimate of drug-likeness (QED) is 0.598. The van der Waals surface area contributed by atoms with E-state index in [4.69, 9.17) is 0 Å². The third kappa shape index (κ3) is 1.08. The van der Waals surface area contributed by atoms with Gasteiger partial charge in [0.05, 0.1) is 0 Å². The molecule has 2 bridgehead atoms. The molecule has 1 atom stereocenters. The van der Waals surface area contributed by atoms with Crippen molar-refractivity contribution in [3.8, 4) is 0 Å². The fourth-order valence-electron chi connectivity index (χ4n) is 2.63. The molecule has 0 spiro atoms. The molecular formula is C9H17NO2. The van der Waals surface area contributed by atoms with Crippen LogP contribution in [0, 0.1) is 11.3 Å². The second-order valence-electron chi connectivity index (χ2n) is 4.20. The van der Waals surface area contributed by atoms with Gasteiger partial charge in [0.1, 0.15) is 0 Å². The topological polar surface area (TPSA) is 43.7 Å². The minimum Gasteiger partial charge on any atom is -0.396 e. The smallest absolute Gasteiger partial charge is 0.0492 e. The number of aliphatic hydroxyl groups is 2. The van der Waals surface area contributed by atoms with Crippen molar-refractivity contribution in [3.05, 3.63) is 0 Å². The van der Waals surface area contributed by atoms with Crippen LogP contribution < -0.4 is 0 Å². The maximum Gasteiger partial charge on any atom is 0.0492 e. The number of hydrogen-bond acceptors (Lipinski definition) is 3. The number of rotatable bonds is 2. The first-order chi connectivity index (χ1) is 5.80. The summed E-state index contributed by atoms with van der Waals surface area (Å²) in [5.41, 5.74) is 0.0590. The van der Waals surface area contributed by atoms with E-state index in [1.54, 1.807) is 0 Å². The van der Waals surface area contributed by atoms with Gasteiger partial charge >= 0.3 is 0 Å². The summed E-state index contributed by atoms with van der Waals surface area (Å²) < 4.78 is 0. The molecule has 3 saturated heterocycles. The summed E-state index contributed by atoms with van der Waals surface area (Å²) >= 11 is 0. The van der Waals surface area contributed by atoms with Gasteiger partial charge in [-0.1, -0.05) is 0 Å². The van der Waals surface area contributed by atoms with Crippen molar-refractivity contribution in [2.75, 3.05) is 32.8 Å². The Hall–Kier alpha value is -0.120. The molecule has 12 heavy (non-hydrogen) atoms. The summed E-state index contributed by atoms with van der Waals surface area (Å²) in [6.45, 7) is 3.69. The van der Waals surface area contributed by atoms with Gasteiger partial charge in [0.25, 0.3) is 0 Å². The van der Waals surface area contributed by atoms with Crippen molar-refractivity contribution >= 4 is 0 Å². The van der Waals surface area contributed by atoms with E-state index in [1.807, 2.05) is 0 Å². The number of piperidine rings is 3. The molecular weight excluding hydrogens is 154 g/mol. The molecule has 3 aliphatic rings. The van der Waals surface area contributed by atoms with Gasteiger partial charge in [-0.3, -0.25) is 0 Å². The van der Waals surface area contributed by atoms with Gasteiger partial charge in [0, 0.05) is 31.1 Å². The lowest BCUT2D eigenvalue weighted by atomic mass is 9.66. The monoisotopic (exact) mass is 171 g/mol. The summed E-state index contributed by atoms with van der Waals surface area (Å²) in [5, 5.41) is 18.5. The first kappa shape index (κ1) is 8.48. The predicted molar refractivity (Wildman–Crippen MR) is 45.8 cm³/mol. The standard InChI is InChI=1S/C9H17NO2/c11-6-8-5-10-3-1-9(8,7-12)2-4-10/h8,11-12H,1-7H2. The normalized spacial score (nSPS) is 46.5. The van der Waals surface area contributed by atoms with E-state index in [2.05, 4.69) is 4.90 Å². The number of fused-ring (bicyclic) bond motifs is 3. The molecule has 0 aromatic rings. The van der Waals surface area contributed by atoms with Gasteiger partial charge in [-0.15, -0.1) is 0 Å². The molecule has 0 aromatic carbocycles. The van der Waals surface area contributed by atoms with E-state index in [0.29, 0.717) is 5.92 Å². The average molecular weight is 171 g/mol. The Morgan fingerprint density at radius 2 is 1.92 bits per heavy atom. The zero-order chi connectivity index (χ0) is 8.60. The van der Waals surface area contributed by atoms with E-state index in [0.717, 1.165) is 32.5 Å². The van der Waals surface area contributed by atoms with Crippen LogP contribution in [-0.4, -0.2) is 48.0 Å². The van der Waals surface area contributed by atoms with E-state index in [1.165, 1.54) is 0 Å². The predicted octanol–water partition coefficient (Wildman–Crippen LogP) is -0.317. The Morgan fingerprint density at radius 3 is 2.33 bits per heavy atom. The Balaban J connectivity index is 2.15. The maximum absolute atomic E-state index is 9.34. The molecule has 3 fully saturated rings. The van der Waals surface area contributed by atoms with Crippen LogP contribution in [0.3, 0.4) is 0 Å². The summed E-state index contributed by atoms with van der Waals surface area (Å²) in [4.78, 5) is 2.39. The average Bonchev–Trinajstić information content (AvgIpc) is 2.19. The van der Waals surface area contributed by atoms with Crippen LogP contribution in [0.5, 0.6) is 0 Å². The van der Waals surface area contributed by atoms with Gasteiger partial charge in [-0.25, -0.2) is 0 Å². The van der Waals surface area contributed by atoms with Crippen LogP contribution in [-0.2, 0) is 0 Å². The van der Waals surface area contributed by atoms with Crippen LogP contribution >= 0.6 is 0 Å². The first-order valence-corrected chi connectivity index (χ1v) is 4.75. The SMILES string of the molecule is OCC1CN2CCC1(CO)CC2. The fourth-order valence-corrected chi connectivity index (χ4v) is 2.63. The molecule has 0 aromatic heterocycles. The lowest BCUT2D eigenvalue weighted by Gasteiger charge is -2.52. The summed E-state index contributed by atoms with van der Waals surface area (Å²) in [6.07, 6.45) is 2.13. The Bertz CT molecular complexity index is 164. The number of aliphatic hydroxyl groups excluding tert-OH is 2. The summed E-state index contributed by atoms with van der Waals surface area (Å²) in [7, 11) is 0.